The number of rotatable bonds is 4. The van der Waals surface area contributed by atoms with Crippen molar-refractivity contribution in [3.05, 3.63) is 23.5 Å². The predicted octanol–water partition coefficient (Wildman–Crippen LogP) is 2.59. The van der Waals surface area contributed by atoms with Crippen LogP contribution in [0.25, 0.3) is 0 Å². The Kier molecular flexibility index (Phi) is 3.75. The van der Waals surface area contributed by atoms with Crippen LogP contribution in [-0.2, 0) is 17.7 Å². The maximum absolute atomic E-state index is 11.9. The molecule has 1 aromatic rings. The number of ether oxygens (including phenoxy) is 1. The first kappa shape index (κ1) is 13.1. The Hall–Kier alpha value is -1.30. The second kappa shape index (κ2) is 5.14. The van der Waals surface area contributed by atoms with Gasteiger partial charge in [-0.1, -0.05) is 0 Å². The molecule has 0 fully saturated rings. The quantitative estimate of drug-likeness (QED) is 0.780. The van der Waals surface area contributed by atoms with E-state index < -0.39 is 12.8 Å². The van der Waals surface area contributed by atoms with Crippen LogP contribution in [0.15, 0.2) is 12.3 Å². The highest BCUT2D eigenvalue weighted by molar-refractivity contribution is 5.98. The van der Waals surface area contributed by atoms with Gasteiger partial charge < -0.3 is 9.30 Å². The van der Waals surface area contributed by atoms with Gasteiger partial charge in [-0.25, -0.2) is 0 Å². The lowest BCUT2D eigenvalue weighted by molar-refractivity contribution is -0.174. The van der Waals surface area contributed by atoms with Gasteiger partial charge in [0.05, 0.1) is 6.61 Å². The van der Waals surface area contributed by atoms with Crippen LogP contribution in [-0.4, -0.2) is 29.7 Å². The van der Waals surface area contributed by atoms with E-state index in [9.17, 15) is 18.0 Å². The van der Waals surface area contributed by atoms with Crippen LogP contribution < -0.4 is 0 Å². The van der Waals surface area contributed by atoms with Crippen molar-refractivity contribution < 1.29 is 22.7 Å². The Bertz CT molecular complexity index is 437. The molecule has 1 heterocycles. The Balaban J connectivity index is 1.89. The summed E-state index contributed by atoms with van der Waals surface area (Å²) in [6.07, 6.45) is -0.384. The topological polar surface area (TPSA) is 31.2 Å². The summed E-state index contributed by atoms with van der Waals surface area (Å²) in [6, 6.07) is 1.74. The standard InChI is InChI=1S/C12H14F3NO2/c13-12(14,15)8-18-7-6-16-5-4-9-10(16)2-1-3-11(9)17/h4-5H,1-3,6-8H2. The molecule has 0 radical (unpaired) electrons. The average Bonchev–Trinajstić information content (AvgIpc) is 2.68. The molecule has 0 unspecified atom stereocenters. The number of carbonyl (C=O) groups is 1. The summed E-state index contributed by atoms with van der Waals surface area (Å²) < 4.78 is 42.0. The number of ketones is 1. The van der Waals surface area contributed by atoms with E-state index in [0.717, 1.165) is 18.5 Å². The van der Waals surface area contributed by atoms with Gasteiger partial charge in [0.25, 0.3) is 0 Å². The smallest absolute Gasteiger partial charge is 0.370 e. The molecule has 1 aromatic heterocycles. The van der Waals surface area contributed by atoms with E-state index in [1.54, 1.807) is 12.3 Å². The van der Waals surface area contributed by atoms with Crippen LogP contribution in [0.4, 0.5) is 13.2 Å². The first-order chi connectivity index (χ1) is 8.47. The Morgan fingerprint density at radius 1 is 1.33 bits per heavy atom. The molecule has 0 amide bonds. The molecule has 0 bridgehead atoms. The van der Waals surface area contributed by atoms with Gasteiger partial charge in [0.1, 0.15) is 6.61 Å². The Morgan fingerprint density at radius 2 is 2.11 bits per heavy atom. The van der Waals surface area contributed by atoms with E-state index in [0.29, 0.717) is 18.5 Å². The number of hydrogen-bond acceptors (Lipinski definition) is 2. The van der Waals surface area contributed by atoms with Gasteiger partial charge in [-0.2, -0.15) is 13.2 Å². The average molecular weight is 261 g/mol. The van der Waals surface area contributed by atoms with Crippen molar-refractivity contribution in [3.63, 3.8) is 0 Å². The van der Waals surface area contributed by atoms with Crippen molar-refractivity contribution in [2.24, 2.45) is 0 Å². The molecule has 0 spiro atoms. The molecule has 18 heavy (non-hydrogen) atoms. The Labute approximate surface area is 103 Å². The third-order valence-corrected chi connectivity index (χ3v) is 2.94. The largest absolute Gasteiger partial charge is 0.411 e. The van der Waals surface area contributed by atoms with Crippen molar-refractivity contribution in [1.29, 1.82) is 0 Å². The maximum Gasteiger partial charge on any atom is 0.411 e. The summed E-state index contributed by atoms with van der Waals surface area (Å²) in [5.74, 6) is 0.117. The van der Waals surface area contributed by atoms with Crippen molar-refractivity contribution in [1.82, 2.24) is 4.57 Å². The molecule has 100 valence electrons. The molecule has 0 aromatic carbocycles. The van der Waals surface area contributed by atoms with Crippen molar-refractivity contribution >= 4 is 5.78 Å². The molecule has 0 saturated heterocycles. The second-order valence-corrected chi connectivity index (χ2v) is 4.31. The summed E-state index contributed by atoms with van der Waals surface area (Å²) in [5, 5.41) is 0. The molecule has 6 heteroatoms. The van der Waals surface area contributed by atoms with Crippen LogP contribution in [0.1, 0.15) is 28.9 Å². The van der Waals surface area contributed by atoms with Crippen molar-refractivity contribution in [3.8, 4) is 0 Å². The monoisotopic (exact) mass is 261 g/mol. The van der Waals surface area contributed by atoms with Crippen LogP contribution in [0.5, 0.6) is 0 Å². The molecule has 0 aliphatic heterocycles. The molecule has 0 atom stereocenters. The summed E-state index contributed by atoms with van der Waals surface area (Å²) in [5.41, 5.74) is 1.62. The minimum Gasteiger partial charge on any atom is -0.370 e. The third kappa shape index (κ3) is 3.13. The minimum absolute atomic E-state index is 0.00514. The normalized spacial score (nSPS) is 15.8. The van der Waals surface area contributed by atoms with Gasteiger partial charge >= 0.3 is 6.18 Å². The molecular weight excluding hydrogens is 247 g/mol. The summed E-state index contributed by atoms with van der Waals surface area (Å²) in [6.45, 7) is -0.886. The van der Waals surface area contributed by atoms with Crippen LogP contribution in [0, 0.1) is 0 Å². The van der Waals surface area contributed by atoms with E-state index >= 15 is 0 Å². The summed E-state index contributed by atoms with van der Waals surface area (Å²) in [4.78, 5) is 11.6. The number of halogens is 3. The molecular formula is C12H14F3NO2. The number of hydrogen-bond donors (Lipinski definition) is 0. The number of alkyl halides is 3. The third-order valence-electron chi connectivity index (χ3n) is 2.94. The zero-order valence-corrected chi connectivity index (χ0v) is 9.79. The van der Waals surface area contributed by atoms with E-state index in [4.69, 9.17) is 0 Å². The molecule has 1 aliphatic carbocycles. The lowest BCUT2D eigenvalue weighted by atomic mass is 9.97. The van der Waals surface area contributed by atoms with Gasteiger partial charge in [-0.3, -0.25) is 4.79 Å². The van der Waals surface area contributed by atoms with Gasteiger partial charge in [0.15, 0.2) is 5.78 Å². The summed E-state index contributed by atoms with van der Waals surface area (Å²) >= 11 is 0. The zero-order chi connectivity index (χ0) is 13.2. The lowest BCUT2D eigenvalue weighted by Crippen LogP contribution is -2.20. The maximum atomic E-state index is 11.9. The molecule has 0 saturated carbocycles. The van der Waals surface area contributed by atoms with E-state index in [2.05, 4.69) is 4.74 Å². The predicted molar refractivity (Wildman–Crippen MR) is 58.6 cm³/mol. The van der Waals surface area contributed by atoms with Crippen LogP contribution in [0.2, 0.25) is 0 Å². The van der Waals surface area contributed by atoms with E-state index in [1.165, 1.54) is 0 Å². The second-order valence-electron chi connectivity index (χ2n) is 4.31. The highest BCUT2D eigenvalue weighted by Gasteiger charge is 2.27. The fraction of sp³-hybridized carbons (Fsp3) is 0.583. The van der Waals surface area contributed by atoms with Gasteiger partial charge in [0, 0.05) is 30.4 Å². The highest BCUT2D eigenvalue weighted by atomic mass is 19.4. The molecule has 1 aliphatic rings. The van der Waals surface area contributed by atoms with Gasteiger partial charge in [-0.05, 0) is 18.9 Å². The Morgan fingerprint density at radius 3 is 2.83 bits per heavy atom. The van der Waals surface area contributed by atoms with E-state index in [-0.39, 0.29) is 12.4 Å². The SMILES string of the molecule is O=C1CCCc2c1ccn2CCOCC(F)(F)F. The van der Waals surface area contributed by atoms with E-state index in [1.807, 2.05) is 4.57 Å². The highest BCUT2D eigenvalue weighted by Crippen LogP contribution is 2.22. The number of carbonyl (C=O) groups excluding carboxylic acids is 1. The van der Waals surface area contributed by atoms with Crippen LogP contribution >= 0.6 is 0 Å². The fourth-order valence-electron chi connectivity index (χ4n) is 2.15. The number of aromatic nitrogens is 1. The summed E-state index contributed by atoms with van der Waals surface area (Å²) in [7, 11) is 0. The number of nitrogens with zero attached hydrogens (tertiary/aromatic N) is 1. The van der Waals surface area contributed by atoms with Crippen molar-refractivity contribution in [2.45, 2.75) is 32.0 Å². The first-order valence-corrected chi connectivity index (χ1v) is 5.83. The van der Waals surface area contributed by atoms with Gasteiger partial charge in [-0.15, -0.1) is 0 Å². The molecule has 0 N–H and O–H groups in total. The lowest BCUT2D eigenvalue weighted by Gasteiger charge is -2.15. The molecule has 2 rings (SSSR count). The van der Waals surface area contributed by atoms with Crippen LogP contribution in [0.3, 0.4) is 0 Å². The van der Waals surface area contributed by atoms with Gasteiger partial charge in [0.2, 0.25) is 0 Å². The number of fused-ring (bicyclic) bond motifs is 1. The number of Topliss-reactive ketones (excluding diaryl/α,β-unsaturated/α-hetero) is 1. The zero-order valence-electron chi connectivity index (χ0n) is 9.79. The molecule has 3 nitrogen and oxygen atoms in total. The van der Waals surface area contributed by atoms with Crippen molar-refractivity contribution in [2.75, 3.05) is 13.2 Å². The minimum atomic E-state index is -4.29. The fourth-order valence-corrected chi connectivity index (χ4v) is 2.15. The first-order valence-electron chi connectivity index (χ1n) is 5.83.